The SMILES string of the molecule is CCOC(=O)CNC(=O)[C@H]1C=CCN1C(=O)[C@H](Cc1ccccc1)NC(=O)CNC(=O)OCc1ccccc1. The maximum atomic E-state index is 13.5. The lowest BCUT2D eigenvalue weighted by Gasteiger charge is -2.28. The molecule has 2 atom stereocenters. The Balaban J connectivity index is 1.60. The zero-order valence-electron chi connectivity index (χ0n) is 21.6. The molecule has 0 saturated carbocycles. The van der Waals surface area contributed by atoms with Gasteiger partial charge in [0.25, 0.3) is 0 Å². The van der Waals surface area contributed by atoms with Gasteiger partial charge < -0.3 is 30.3 Å². The molecule has 0 bridgehead atoms. The first-order chi connectivity index (χ1) is 18.9. The van der Waals surface area contributed by atoms with Crippen LogP contribution in [0, 0.1) is 0 Å². The normalized spacial score (nSPS) is 14.7. The van der Waals surface area contributed by atoms with Gasteiger partial charge in [-0.05, 0) is 18.1 Å². The largest absolute Gasteiger partial charge is 0.465 e. The Morgan fingerprint density at radius 1 is 0.897 bits per heavy atom. The van der Waals surface area contributed by atoms with E-state index in [4.69, 9.17) is 9.47 Å². The molecule has 0 saturated heterocycles. The second kappa shape index (κ2) is 14.9. The minimum atomic E-state index is -1.01. The Kier molecular flexibility index (Phi) is 11.0. The number of alkyl carbamates (subject to hydrolysis) is 1. The first-order valence-electron chi connectivity index (χ1n) is 12.6. The molecule has 2 aromatic carbocycles. The predicted octanol–water partition coefficient (Wildman–Crippen LogP) is 1.09. The lowest BCUT2D eigenvalue weighted by atomic mass is 10.0. The summed E-state index contributed by atoms with van der Waals surface area (Å²) in [6, 6.07) is 16.2. The van der Waals surface area contributed by atoms with Crippen molar-refractivity contribution in [2.45, 2.75) is 32.0 Å². The van der Waals surface area contributed by atoms with E-state index in [1.54, 1.807) is 31.2 Å². The Bertz CT molecular complexity index is 1170. The molecule has 3 rings (SSSR count). The average molecular weight is 537 g/mol. The highest BCUT2D eigenvalue weighted by Gasteiger charge is 2.35. The fourth-order valence-corrected chi connectivity index (χ4v) is 3.87. The van der Waals surface area contributed by atoms with Crippen molar-refractivity contribution in [1.29, 1.82) is 0 Å². The molecule has 1 aliphatic rings. The molecule has 11 nitrogen and oxygen atoms in total. The topological polar surface area (TPSA) is 143 Å². The number of hydrogen-bond acceptors (Lipinski definition) is 7. The second-order valence-corrected chi connectivity index (χ2v) is 8.61. The highest BCUT2D eigenvalue weighted by Crippen LogP contribution is 2.14. The van der Waals surface area contributed by atoms with Gasteiger partial charge in [0.2, 0.25) is 17.7 Å². The van der Waals surface area contributed by atoms with E-state index in [9.17, 15) is 24.0 Å². The smallest absolute Gasteiger partial charge is 0.407 e. The zero-order valence-corrected chi connectivity index (χ0v) is 21.6. The number of ether oxygens (including phenoxy) is 2. The van der Waals surface area contributed by atoms with Crippen molar-refractivity contribution < 1.29 is 33.4 Å². The van der Waals surface area contributed by atoms with Gasteiger partial charge in [-0.1, -0.05) is 72.8 Å². The average Bonchev–Trinajstić information content (AvgIpc) is 3.44. The third-order valence-electron chi connectivity index (χ3n) is 5.74. The van der Waals surface area contributed by atoms with Crippen LogP contribution in [-0.4, -0.2) is 73.0 Å². The van der Waals surface area contributed by atoms with Gasteiger partial charge in [0.05, 0.1) is 6.61 Å². The summed E-state index contributed by atoms with van der Waals surface area (Å²) in [5, 5.41) is 7.51. The van der Waals surface area contributed by atoms with Crippen LogP contribution in [0.1, 0.15) is 18.1 Å². The maximum Gasteiger partial charge on any atom is 0.407 e. The Morgan fingerprint density at radius 2 is 1.56 bits per heavy atom. The fourth-order valence-electron chi connectivity index (χ4n) is 3.87. The van der Waals surface area contributed by atoms with Crippen LogP contribution in [0.25, 0.3) is 0 Å². The molecule has 0 aromatic heterocycles. The summed E-state index contributed by atoms with van der Waals surface area (Å²) >= 11 is 0. The number of benzene rings is 2. The summed E-state index contributed by atoms with van der Waals surface area (Å²) in [5.41, 5.74) is 1.59. The summed E-state index contributed by atoms with van der Waals surface area (Å²) < 4.78 is 9.93. The van der Waals surface area contributed by atoms with Gasteiger partial charge in [0.15, 0.2) is 0 Å². The van der Waals surface area contributed by atoms with Crippen LogP contribution in [0.5, 0.6) is 0 Å². The van der Waals surface area contributed by atoms with Crippen LogP contribution in [0.3, 0.4) is 0 Å². The first-order valence-corrected chi connectivity index (χ1v) is 12.6. The molecule has 0 fully saturated rings. The number of hydrogen-bond donors (Lipinski definition) is 3. The molecular formula is C28H32N4O7. The highest BCUT2D eigenvalue weighted by molar-refractivity contribution is 5.95. The van der Waals surface area contributed by atoms with Crippen molar-refractivity contribution in [2.24, 2.45) is 0 Å². The minimum absolute atomic E-state index is 0.0466. The second-order valence-electron chi connectivity index (χ2n) is 8.61. The van der Waals surface area contributed by atoms with E-state index in [1.807, 2.05) is 48.5 Å². The number of amides is 4. The van der Waals surface area contributed by atoms with Crippen molar-refractivity contribution >= 4 is 29.8 Å². The zero-order chi connectivity index (χ0) is 28.0. The summed E-state index contributed by atoms with van der Waals surface area (Å²) in [4.78, 5) is 63.9. The Hall–Kier alpha value is -4.67. The van der Waals surface area contributed by atoms with Crippen molar-refractivity contribution in [3.8, 4) is 0 Å². The number of nitrogens with zero attached hydrogens (tertiary/aromatic N) is 1. The minimum Gasteiger partial charge on any atom is -0.465 e. The number of nitrogens with one attached hydrogen (secondary N) is 3. The number of rotatable bonds is 12. The summed E-state index contributed by atoms with van der Waals surface area (Å²) in [6.45, 7) is 1.31. The van der Waals surface area contributed by atoms with Crippen LogP contribution in [0.15, 0.2) is 72.8 Å². The molecule has 206 valence electrons. The molecule has 0 spiro atoms. The van der Waals surface area contributed by atoms with E-state index in [0.29, 0.717) is 0 Å². The quantitative estimate of drug-likeness (QED) is 0.272. The van der Waals surface area contributed by atoms with Gasteiger partial charge in [-0.15, -0.1) is 0 Å². The van der Waals surface area contributed by atoms with Crippen LogP contribution in [-0.2, 0) is 41.7 Å². The van der Waals surface area contributed by atoms with E-state index in [1.165, 1.54) is 4.90 Å². The van der Waals surface area contributed by atoms with Crippen LogP contribution in [0.4, 0.5) is 4.79 Å². The molecule has 2 aromatic rings. The Labute approximate surface area is 226 Å². The molecule has 39 heavy (non-hydrogen) atoms. The van der Waals surface area contributed by atoms with Gasteiger partial charge in [0.1, 0.15) is 31.8 Å². The lowest BCUT2D eigenvalue weighted by Crippen LogP contribution is -2.55. The summed E-state index contributed by atoms with van der Waals surface area (Å²) in [5.74, 6) is -2.22. The Morgan fingerprint density at radius 3 is 2.23 bits per heavy atom. The molecule has 1 heterocycles. The van der Waals surface area contributed by atoms with E-state index in [0.717, 1.165) is 11.1 Å². The molecule has 4 amide bonds. The van der Waals surface area contributed by atoms with Crippen molar-refractivity contribution in [3.63, 3.8) is 0 Å². The fraction of sp³-hybridized carbons (Fsp3) is 0.321. The van der Waals surface area contributed by atoms with Gasteiger partial charge in [0, 0.05) is 13.0 Å². The van der Waals surface area contributed by atoms with Crippen molar-refractivity contribution in [3.05, 3.63) is 83.9 Å². The first kappa shape index (κ1) is 28.9. The molecule has 0 unspecified atom stereocenters. The van der Waals surface area contributed by atoms with Crippen molar-refractivity contribution in [2.75, 3.05) is 26.2 Å². The highest BCUT2D eigenvalue weighted by atomic mass is 16.5. The molecular weight excluding hydrogens is 504 g/mol. The van der Waals surface area contributed by atoms with Crippen LogP contribution >= 0.6 is 0 Å². The van der Waals surface area contributed by atoms with E-state index >= 15 is 0 Å². The van der Waals surface area contributed by atoms with Gasteiger partial charge in [-0.25, -0.2) is 4.79 Å². The van der Waals surface area contributed by atoms with E-state index in [2.05, 4.69) is 16.0 Å². The maximum absolute atomic E-state index is 13.5. The number of carbonyl (C=O) groups excluding carboxylic acids is 5. The monoisotopic (exact) mass is 536 g/mol. The van der Waals surface area contributed by atoms with Gasteiger partial charge in [-0.2, -0.15) is 0 Å². The molecule has 0 aliphatic carbocycles. The van der Waals surface area contributed by atoms with Crippen LogP contribution in [0.2, 0.25) is 0 Å². The van der Waals surface area contributed by atoms with E-state index < -0.39 is 48.4 Å². The van der Waals surface area contributed by atoms with Gasteiger partial charge >= 0.3 is 12.1 Å². The van der Waals surface area contributed by atoms with Crippen LogP contribution < -0.4 is 16.0 Å². The third-order valence-corrected chi connectivity index (χ3v) is 5.74. The summed E-state index contributed by atoms with van der Waals surface area (Å²) in [6.07, 6.45) is 2.61. The predicted molar refractivity (Wildman–Crippen MR) is 141 cm³/mol. The lowest BCUT2D eigenvalue weighted by molar-refractivity contribution is -0.144. The number of carbonyl (C=O) groups is 5. The molecule has 1 aliphatic heterocycles. The standard InChI is InChI=1S/C28H32N4O7/c1-2-38-25(34)18-29-26(35)23-14-9-15-32(23)27(36)22(16-20-10-5-3-6-11-20)31-24(33)17-30-28(37)39-19-21-12-7-4-8-13-21/h3-14,22-23H,2,15-19H2,1H3,(H,29,35)(H,30,37)(H,31,33)/t22-,23+/m0/s1. The summed E-state index contributed by atoms with van der Waals surface area (Å²) in [7, 11) is 0. The molecule has 11 heteroatoms. The number of esters is 1. The van der Waals surface area contributed by atoms with Gasteiger partial charge in [-0.3, -0.25) is 19.2 Å². The molecule has 0 radical (unpaired) electrons. The molecule has 3 N–H and O–H groups in total. The third kappa shape index (κ3) is 9.29. The van der Waals surface area contributed by atoms with Crippen molar-refractivity contribution in [1.82, 2.24) is 20.9 Å². The van der Waals surface area contributed by atoms with E-state index in [-0.39, 0.29) is 32.7 Å².